The zero-order valence-corrected chi connectivity index (χ0v) is 10.3. The first-order chi connectivity index (χ1) is 8.66. The number of carboxylic acid groups (broad SMARTS) is 1. The number of hydrogen-bond donors (Lipinski definition) is 1. The van der Waals surface area contributed by atoms with E-state index in [1.807, 2.05) is 48.6 Å². The molecule has 92 valence electrons. The van der Waals surface area contributed by atoms with E-state index in [-0.39, 0.29) is 0 Å². The highest BCUT2D eigenvalue weighted by molar-refractivity contribution is 5.74. The van der Waals surface area contributed by atoms with Crippen molar-refractivity contribution in [2.45, 2.75) is 13.3 Å². The van der Waals surface area contributed by atoms with Crippen LogP contribution in [0.4, 0.5) is 0 Å². The van der Waals surface area contributed by atoms with Gasteiger partial charge in [0.05, 0.1) is 5.92 Å². The molecule has 1 unspecified atom stereocenters. The molecular formula is C16H16O2. The van der Waals surface area contributed by atoms with Crippen LogP contribution < -0.4 is 0 Å². The second-order valence-electron chi connectivity index (χ2n) is 4.47. The Kier molecular flexibility index (Phi) is 3.78. The van der Waals surface area contributed by atoms with Crippen molar-refractivity contribution in [1.29, 1.82) is 0 Å². The Hall–Kier alpha value is -2.09. The van der Waals surface area contributed by atoms with Gasteiger partial charge < -0.3 is 5.11 Å². The van der Waals surface area contributed by atoms with E-state index in [1.165, 1.54) is 0 Å². The molecule has 1 aliphatic rings. The average molecular weight is 240 g/mol. The summed E-state index contributed by atoms with van der Waals surface area (Å²) >= 11 is 0. The highest BCUT2D eigenvalue weighted by Gasteiger charge is 2.18. The molecule has 0 saturated carbocycles. The number of rotatable bonds is 3. The quantitative estimate of drug-likeness (QED) is 0.875. The molecule has 0 bridgehead atoms. The number of allylic oxidation sites excluding steroid dienone is 4. The lowest BCUT2D eigenvalue weighted by atomic mass is 9.90. The van der Waals surface area contributed by atoms with Crippen LogP contribution in [0, 0.1) is 5.92 Å². The van der Waals surface area contributed by atoms with Gasteiger partial charge in [0.25, 0.3) is 0 Å². The van der Waals surface area contributed by atoms with Gasteiger partial charge in [-0.05, 0) is 24.5 Å². The fourth-order valence-electron chi connectivity index (χ4n) is 1.97. The van der Waals surface area contributed by atoms with Crippen LogP contribution in [0.5, 0.6) is 0 Å². The van der Waals surface area contributed by atoms with Gasteiger partial charge in [0.2, 0.25) is 0 Å². The molecule has 1 N–H and O–H groups in total. The van der Waals surface area contributed by atoms with Crippen LogP contribution >= 0.6 is 0 Å². The van der Waals surface area contributed by atoms with E-state index >= 15 is 0 Å². The minimum absolute atomic E-state index is 0.422. The lowest BCUT2D eigenvalue weighted by Crippen LogP contribution is -2.13. The summed E-state index contributed by atoms with van der Waals surface area (Å²) in [5.74, 6) is -1.19. The summed E-state index contributed by atoms with van der Waals surface area (Å²) in [6.45, 7) is 1.73. The molecule has 2 nitrogen and oxygen atoms in total. The number of carboxylic acids is 1. The Morgan fingerprint density at radius 3 is 2.72 bits per heavy atom. The Morgan fingerprint density at radius 1 is 1.33 bits per heavy atom. The molecule has 2 rings (SSSR count). The van der Waals surface area contributed by atoms with Gasteiger partial charge >= 0.3 is 5.97 Å². The first kappa shape index (κ1) is 12.4. The number of benzene rings is 1. The van der Waals surface area contributed by atoms with Crippen LogP contribution in [0.1, 0.15) is 18.9 Å². The maximum Gasteiger partial charge on any atom is 0.310 e. The van der Waals surface area contributed by atoms with Crippen LogP contribution in [-0.2, 0) is 4.79 Å². The maximum absolute atomic E-state index is 11.0. The largest absolute Gasteiger partial charge is 0.481 e. The smallest absolute Gasteiger partial charge is 0.310 e. The predicted molar refractivity (Wildman–Crippen MR) is 73.1 cm³/mol. The Morgan fingerprint density at radius 2 is 2.06 bits per heavy atom. The standard InChI is InChI=1S/C16H16O2/c1-12(16(17)18)15-9-5-8-14(11-15)10-13-6-3-2-4-7-13/h2-10,12H,11H2,1H3,(H,17,18). The molecule has 1 aromatic rings. The van der Waals surface area contributed by atoms with Crippen molar-refractivity contribution in [2.75, 3.05) is 0 Å². The van der Waals surface area contributed by atoms with Crippen molar-refractivity contribution < 1.29 is 9.90 Å². The van der Waals surface area contributed by atoms with Gasteiger partial charge in [-0.25, -0.2) is 0 Å². The molecule has 2 heteroatoms. The third-order valence-corrected chi connectivity index (χ3v) is 3.11. The van der Waals surface area contributed by atoms with Crippen LogP contribution in [0.25, 0.3) is 6.08 Å². The molecule has 0 aliphatic heterocycles. The van der Waals surface area contributed by atoms with Crippen molar-refractivity contribution in [2.24, 2.45) is 5.92 Å². The van der Waals surface area contributed by atoms with Gasteiger partial charge in [0.1, 0.15) is 0 Å². The zero-order valence-electron chi connectivity index (χ0n) is 10.3. The van der Waals surface area contributed by atoms with Crippen molar-refractivity contribution >= 4 is 12.0 Å². The number of hydrogen-bond acceptors (Lipinski definition) is 1. The van der Waals surface area contributed by atoms with E-state index in [2.05, 4.69) is 6.08 Å². The lowest BCUT2D eigenvalue weighted by Gasteiger charge is -2.15. The normalized spacial score (nSPS) is 18.5. The fourth-order valence-corrected chi connectivity index (χ4v) is 1.97. The maximum atomic E-state index is 11.0. The van der Waals surface area contributed by atoms with Gasteiger partial charge in [-0.1, -0.05) is 60.2 Å². The minimum Gasteiger partial charge on any atom is -0.481 e. The van der Waals surface area contributed by atoms with Crippen LogP contribution in [-0.4, -0.2) is 11.1 Å². The van der Waals surface area contributed by atoms with Gasteiger partial charge in [0, 0.05) is 0 Å². The molecule has 0 spiro atoms. The van der Waals surface area contributed by atoms with E-state index in [0.29, 0.717) is 6.42 Å². The fraction of sp³-hybridized carbons (Fsp3) is 0.188. The van der Waals surface area contributed by atoms with E-state index in [9.17, 15) is 4.79 Å². The molecule has 1 aliphatic carbocycles. The van der Waals surface area contributed by atoms with E-state index in [4.69, 9.17) is 5.11 Å². The SMILES string of the molecule is CC(C(=O)O)C1=CC=CC(=Cc2ccccc2)C1. The van der Waals surface area contributed by atoms with Crippen molar-refractivity contribution in [1.82, 2.24) is 0 Å². The summed E-state index contributed by atoms with van der Waals surface area (Å²) in [4.78, 5) is 11.0. The third-order valence-electron chi connectivity index (χ3n) is 3.11. The summed E-state index contributed by atoms with van der Waals surface area (Å²) in [5.41, 5.74) is 3.24. The molecule has 18 heavy (non-hydrogen) atoms. The molecule has 1 atom stereocenters. The second-order valence-corrected chi connectivity index (χ2v) is 4.47. The van der Waals surface area contributed by atoms with Crippen LogP contribution in [0.15, 0.2) is 59.7 Å². The van der Waals surface area contributed by atoms with Gasteiger partial charge in [-0.3, -0.25) is 4.79 Å². The zero-order chi connectivity index (χ0) is 13.0. The molecule has 0 heterocycles. The first-order valence-corrected chi connectivity index (χ1v) is 6.02. The average Bonchev–Trinajstić information content (AvgIpc) is 2.39. The second kappa shape index (κ2) is 5.50. The Labute approximate surface area is 107 Å². The summed E-state index contributed by atoms with van der Waals surface area (Å²) in [5, 5.41) is 9.03. The number of carbonyl (C=O) groups is 1. The Balaban J connectivity index is 2.16. The van der Waals surface area contributed by atoms with Crippen LogP contribution in [0.3, 0.4) is 0 Å². The van der Waals surface area contributed by atoms with E-state index < -0.39 is 11.9 Å². The molecule has 0 saturated heterocycles. The Bertz CT molecular complexity index is 521. The van der Waals surface area contributed by atoms with Gasteiger partial charge in [-0.2, -0.15) is 0 Å². The number of aliphatic carboxylic acids is 1. The van der Waals surface area contributed by atoms with Crippen molar-refractivity contribution in [3.8, 4) is 0 Å². The van der Waals surface area contributed by atoms with Crippen molar-refractivity contribution in [3.05, 3.63) is 65.3 Å². The highest BCUT2D eigenvalue weighted by Crippen LogP contribution is 2.25. The topological polar surface area (TPSA) is 37.3 Å². The van der Waals surface area contributed by atoms with Crippen molar-refractivity contribution in [3.63, 3.8) is 0 Å². The molecular weight excluding hydrogens is 224 g/mol. The highest BCUT2D eigenvalue weighted by atomic mass is 16.4. The van der Waals surface area contributed by atoms with Gasteiger partial charge in [0.15, 0.2) is 0 Å². The predicted octanol–water partition coefficient (Wildman–Crippen LogP) is 3.68. The molecule has 1 aromatic carbocycles. The summed E-state index contributed by atoms with van der Waals surface area (Å²) in [6.07, 6.45) is 8.66. The lowest BCUT2D eigenvalue weighted by molar-refractivity contribution is -0.139. The van der Waals surface area contributed by atoms with Crippen LogP contribution in [0.2, 0.25) is 0 Å². The minimum atomic E-state index is -0.768. The summed E-state index contributed by atoms with van der Waals surface area (Å²) < 4.78 is 0. The third kappa shape index (κ3) is 2.98. The molecule has 0 amide bonds. The monoisotopic (exact) mass is 240 g/mol. The summed E-state index contributed by atoms with van der Waals surface area (Å²) in [7, 11) is 0. The molecule has 0 aromatic heterocycles. The molecule has 0 fully saturated rings. The van der Waals surface area contributed by atoms with E-state index in [1.54, 1.807) is 6.92 Å². The van der Waals surface area contributed by atoms with Gasteiger partial charge in [-0.15, -0.1) is 0 Å². The van der Waals surface area contributed by atoms with E-state index in [0.717, 1.165) is 16.7 Å². The first-order valence-electron chi connectivity index (χ1n) is 6.02. The molecule has 0 radical (unpaired) electrons. The summed E-state index contributed by atoms with van der Waals surface area (Å²) in [6, 6.07) is 10.1.